The molecule has 0 saturated heterocycles. The van der Waals surface area contributed by atoms with Crippen molar-refractivity contribution in [2.24, 2.45) is 0 Å². The van der Waals surface area contributed by atoms with E-state index in [0.717, 1.165) is 10.7 Å². The van der Waals surface area contributed by atoms with Crippen molar-refractivity contribution in [3.05, 3.63) is 50.3 Å². The van der Waals surface area contributed by atoms with Gasteiger partial charge in [0.15, 0.2) is 5.43 Å². The highest BCUT2D eigenvalue weighted by atomic mass is 32.1. The van der Waals surface area contributed by atoms with Crippen molar-refractivity contribution in [3.8, 4) is 0 Å². The Hall–Kier alpha value is -1.95. The fraction of sp³-hybridized carbons (Fsp3) is 0.357. The standard InChI is InChI=1S/C14H16N2O3S/c1-14(2,3)11-8-20-12(15-11)7-16-5-4-10(17)9(6-16)13(18)19/h4-6,8H,7H2,1-3H3,(H,18,19). The fourth-order valence-corrected chi connectivity index (χ4v) is 2.70. The smallest absolute Gasteiger partial charge is 0.341 e. The lowest BCUT2D eigenvalue weighted by atomic mass is 9.93. The van der Waals surface area contributed by atoms with Crippen molar-refractivity contribution in [3.63, 3.8) is 0 Å². The van der Waals surface area contributed by atoms with E-state index in [2.05, 4.69) is 25.8 Å². The minimum atomic E-state index is -1.21. The first kappa shape index (κ1) is 14.5. The average molecular weight is 292 g/mol. The van der Waals surface area contributed by atoms with Gasteiger partial charge in [-0.1, -0.05) is 20.8 Å². The van der Waals surface area contributed by atoms with Crippen molar-refractivity contribution in [2.75, 3.05) is 0 Å². The second kappa shape index (κ2) is 5.20. The molecule has 0 radical (unpaired) electrons. The molecule has 0 amide bonds. The lowest BCUT2D eigenvalue weighted by Crippen LogP contribution is -2.17. The molecule has 0 aliphatic heterocycles. The maximum Gasteiger partial charge on any atom is 0.341 e. The zero-order valence-corrected chi connectivity index (χ0v) is 12.4. The monoisotopic (exact) mass is 292 g/mol. The van der Waals surface area contributed by atoms with Gasteiger partial charge in [-0.15, -0.1) is 11.3 Å². The number of hydrogen-bond acceptors (Lipinski definition) is 4. The van der Waals surface area contributed by atoms with Gasteiger partial charge in [-0.3, -0.25) is 4.79 Å². The molecule has 0 aromatic carbocycles. The van der Waals surface area contributed by atoms with E-state index in [4.69, 9.17) is 5.11 Å². The highest BCUT2D eigenvalue weighted by Crippen LogP contribution is 2.24. The topological polar surface area (TPSA) is 72.2 Å². The van der Waals surface area contributed by atoms with Gasteiger partial charge in [0.1, 0.15) is 10.6 Å². The second-order valence-electron chi connectivity index (χ2n) is 5.58. The van der Waals surface area contributed by atoms with E-state index >= 15 is 0 Å². The van der Waals surface area contributed by atoms with Crippen LogP contribution in [-0.2, 0) is 12.0 Å². The predicted molar refractivity (Wildman–Crippen MR) is 77.6 cm³/mol. The first-order valence-corrected chi connectivity index (χ1v) is 7.03. The molecule has 0 aliphatic rings. The number of nitrogens with zero attached hydrogens (tertiary/aromatic N) is 2. The third kappa shape index (κ3) is 3.14. The zero-order valence-electron chi connectivity index (χ0n) is 11.6. The molecule has 0 fully saturated rings. The summed E-state index contributed by atoms with van der Waals surface area (Å²) in [6.45, 7) is 6.73. The van der Waals surface area contributed by atoms with E-state index in [0.29, 0.717) is 6.54 Å². The summed E-state index contributed by atoms with van der Waals surface area (Å²) in [5.74, 6) is -1.21. The SMILES string of the molecule is CC(C)(C)c1csc(Cn2ccc(=O)c(C(=O)O)c2)n1. The molecule has 0 atom stereocenters. The fourth-order valence-electron chi connectivity index (χ4n) is 1.67. The first-order valence-electron chi connectivity index (χ1n) is 6.15. The molecule has 1 N–H and O–H groups in total. The summed E-state index contributed by atoms with van der Waals surface area (Å²) in [7, 11) is 0. The van der Waals surface area contributed by atoms with Gasteiger partial charge in [-0.2, -0.15) is 0 Å². The van der Waals surface area contributed by atoms with Crippen molar-refractivity contribution < 1.29 is 9.90 Å². The van der Waals surface area contributed by atoms with Crippen LogP contribution in [0.15, 0.2) is 28.6 Å². The van der Waals surface area contributed by atoms with Crippen LogP contribution >= 0.6 is 11.3 Å². The van der Waals surface area contributed by atoms with E-state index in [-0.39, 0.29) is 11.0 Å². The Morgan fingerprint density at radius 2 is 2.15 bits per heavy atom. The maximum absolute atomic E-state index is 11.4. The summed E-state index contributed by atoms with van der Waals surface area (Å²) in [5, 5.41) is 11.8. The van der Waals surface area contributed by atoms with Crippen LogP contribution in [0.25, 0.3) is 0 Å². The van der Waals surface area contributed by atoms with Crippen molar-refractivity contribution in [2.45, 2.75) is 32.7 Å². The summed E-state index contributed by atoms with van der Waals surface area (Å²) in [4.78, 5) is 26.9. The van der Waals surface area contributed by atoms with Crippen LogP contribution in [0.5, 0.6) is 0 Å². The van der Waals surface area contributed by atoms with Gasteiger partial charge < -0.3 is 9.67 Å². The Morgan fingerprint density at radius 3 is 2.70 bits per heavy atom. The first-order chi connectivity index (χ1) is 9.27. The molecule has 106 valence electrons. The number of carbonyl (C=O) groups is 1. The molecular weight excluding hydrogens is 276 g/mol. The summed E-state index contributed by atoms with van der Waals surface area (Å²) in [6.07, 6.45) is 2.93. The van der Waals surface area contributed by atoms with Crippen molar-refractivity contribution in [1.29, 1.82) is 0 Å². The summed E-state index contributed by atoms with van der Waals surface area (Å²) >= 11 is 1.53. The highest BCUT2D eigenvalue weighted by Gasteiger charge is 2.17. The second-order valence-corrected chi connectivity index (χ2v) is 6.52. The number of pyridine rings is 1. The predicted octanol–water partition coefficient (Wildman–Crippen LogP) is 2.35. The van der Waals surface area contributed by atoms with Crippen LogP contribution in [0.3, 0.4) is 0 Å². The number of aromatic carboxylic acids is 1. The summed E-state index contributed by atoms with van der Waals surface area (Å²) in [5.41, 5.74) is 0.296. The third-order valence-corrected chi connectivity index (χ3v) is 3.68. The molecular formula is C14H16N2O3S. The van der Waals surface area contributed by atoms with E-state index in [9.17, 15) is 9.59 Å². The van der Waals surface area contributed by atoms with Gasteiger partial charge in [0.2, 0.25) is 0 Å². The van der Waals surface area contributed by atoms with Crippen molar-refractivity contribution in [1.82, 2.24) is 9.55 Å². The molecule has 0 aliphatic carbocycles. The zero-order chi connectivity index (χ0) is 14.9. The van der Waals surface area contributed by atoms with Gasteiger partial charge in [0.25, 0.3) is 0 Å². The van der Waals surface area contributed by atoms with E-state index in [1.807, 2.05) is 5.38 Å². The summed E-state index contributed by atoms with van der Waals surface area (Å²) in [6, 6.07) is 1.27. The average Bonchev–Trinajstić information content (AvgIpc) is 2.79. The number of aromatic nitrogens is 2. The lowest BCUT2D eigenvalue weighted by Gasteiger charge is -2.14. The van der Waals surface area contributed by atoms with E-state index in [1.165, 1.54) is 23.6 Å². The van der Waals surface area contributed by atoms with Gasteiger partial charge in [0.05, 0.1) is 12.2 Å². The van der Waals surface area contributed by atoms with Crippen LogP contribution < -0.4 is 5.43 Å². The van der Waals surface area contributed by atoms with Crippen molar-refractivity contribution >= 4 is 17.3 Å². The third-order valence-electron chi connectivity index (χ3n) is 2.85. The molecule has 0 saturated carbocycles. The Labute approximate surface area is 120 Å². The minimum Gasteiger partial charge on any atom is -0.477 e. The van der Waals surface area contributed by atoms with Crippen LogP contribution in [0.1, 0.15) is 41.8 Å². The summed E-state index contributed by atoms with van der Waals surface area (Å²) < 4.78 is 1.66. The molecule has 20 heavy (non-hydrogen) atoms. The molecule has 0 unspecified atom stereocenters. The quantitative estimate of drug-likeness (QED) is 0.942. The number of carboxylic acid groups (broad SMARTS) is 1. The molecule has 0 bridgehead atoms. The molecule has 5 nitrogen and oxygen atoms in total. The van der Waals surface area contributed by atoms with Gasteiger partial charge in [-0.05, 0) is 0 Å². The molecule has 6 heteroatoms. The van der Waals surface area contributed by atoms with Crippen LogP contribution in [0.2, 0.25) is 0 Å². The van der Waals surface area contributed by atoms with Gasteiger partial charge in [0, 0.05) is 29.3 Å². The maximum atomic E-state index is 11.4. The van der Waals surface area contributed by atoms with Crippen LogP contribution in [0, 0.1) is 0 Å². The Balaban J connectivity index is 2.27. The molecule has 2 aromatic rings. The van der Waals surface area contributed by atoms with E-state index < -0.39 is 11.4 Å². The normalized spacial score (nSPS) is 11.6. The number of carboxylic acids is 1. The molecule has 2 rings (SSSR count). The number of thiazole rings is 1. The van der Waals surface area contributed by atoms with Crippen LogP contribution in [0.4, 0.5) is 0 Å². The molecule has 2 aromatic heterocycles. The molecule has 2 heterocycles. The highest BCUT2D eigenvalue weighted by molar-refractivity contribution is 7.09. The Morgan fingerprint density at radius 1 is 1.45 bits per heavy atom. The Kier molecular flexibility index (Phi) is 3.76. The number of hydrogen-bond donors (Lipinski definition) is 1. The van der Waals surface area contributed by atoms with Gasteiger partial charge >= 0.3 is 5.97 Å². The van der Waals surface area contributed by atoms with Gasteiger partial charge in [-0.25, -0.2) is 9.78 Å². The number of rotatable bonds is 3. The largest absolute Gasteiger partial charge is 0.477 e. The van der Waals surface area contributed by atoms with Crippen LogP contribution in [-0.4, -0.2) is 20.6 Å². The van der Waals surface area contributed by atoms with E-state index in [1.54, 1.807) is 10.8 Å². The lowest BCUT2D eigenvalue weighted by molar-refractivity contribution is 0.0694. The minimum absolute atomic E-state index is 0.00941. The Bertz CT molecular complexity index is 695. The molecule has 0 spiro atoms.